The third-order valence-corrected chi connectivity index (χ3v) is 12.7. The summed E-state index contributed by atoms with van der Waals surface area (Å²) in [4.78, 5) is 83.8. The molecule has 0 saturated carbocycles. The summed E-state index contributed by atoms with van der Waals surface area (Å²) < 4.78 is 30.3. The number of nitrogens with zero attached hydrogens (tertiary/aromatic N) is 3. The van der Waals surface area contributed by atoms with Crippen LogP contribution in [0.2, 0.25) is 0 Å². The van der Waals surface area contributed by atoms with Gasteiger partial charge < -0.3 is 55.6 Å². The van der Waals surface area contributed by atoms with Gasteiger partial charge in [-0.15, -0.1) is 0 Å². The second-order valence-electron chi connectivity index (χ2n) is 17.7. The van der Waals surface area contributed by atoms with Crippen molar-refractivity contribution in [2.24, 2.45) is 10.7 Å². The van der Waals surface area contributed by atoms with Crippen LogP contribution in [0.15, 0.2) is 96.0 Å². The molecule has 7 N–H and O–H groups in total. The van der Waals surface area contributed by atoms with E-state index >= 15 is 0 Å². The molecule has 378 valence electrons. The molecule has 20 heteroatoms. The molecule has 5 aromatic carbocycles. The standard InChI is InChI=1S/C53H55N9O11/c1-69-44-18-38-40(57-22-36-16-34-7-3-5-9-42(34)61(36)52(38)67)20-46(44)72-28-32-13-31(27-71-30-55-24-49(64)59-26-51(66)60-25-50(65)56-12-11-48(54)63)14-33(15-32)29-73-47-21-41-39(19-45(47)70-2)53(68)62-37(23-58-41)17-35-8-4-6-10-43(35)62/h3-10,13-15,18-22,36-37,55,58H,11-12,16-17,23-30H2,1-2H3,(H2,54,63)(H,56,65)(H,59,64)(H,60,66)/t36-,37-/m0/s1. The molecule has 0 saturated heterocycles. The van der Waals surface area contributed by atoms with Crippen molar-refractivity contribution in [2.75, 3.05) is 68.8 Å². The van der Waals surface area contributed by atoms with Crippen molar-refractivity contribution in [3.63, 3.8) is 0 Å². The first-order valence-corrected chi connectivity index (χ1v) is 23.8. The molecule has 4 aliphatic rings. The molecule has 0 spiro atoms. The number of carbonyl (C=O) groups is 6. The number of ether oxygens (including phenoxy) is 5. The molecular weight excluding hydrogens is 939 g/mol. The molecule has 5 aromatic rings. The first-order chi connectivity index (χ1) is 35.5. The summed E-state index contributed by atoms with van der Waals surface area (Å²) in [6, 6.07) is 28.2. The van der Waals surface area contributed by atoms with Gasteiger partial charge >= 0.3 is 0 Å². The zero-order valence-corrected chi connectivity index (χ0v) is 40.3. The summed E-state index contributed by atoms with van der Waals surface area (Å²) in [6.07, 6.45) is 3.18. The maximum absolute atomic E-state index is 14.1. The van der Waals surface area contributed by atoms with Gasteiger partial charge in [-0.1, -0.05) is 48.5 Å². The number of hydrogen-bond donors (Lipinski definition) is 6. The van der Waals surface area contributed by atoms with Crippen LogP contribution in [-0.2, 0) is 56.6 Å². The van der Waals surface area contributed by atoms with Crippen LogP contribution in [0.1, 0.15) is 55.0 Å². The van der Waals surface area contributed by atoms with Gasteiger partial charge in [0, 0.05) is 55.7 Å². The second-order valence-corrected chi connectivity index (χ2v) is 17.7. The highest BCUT2D eigenvalue weighted by atomic mass is 16.5. The summed E-state index contributed by atoms with van der Waals surface area (Å²) >= 11 is 0. The Balaban J connectivity index is 0.870. The van der Waals surface area contributed by atoms with Gasteiger partial charge in [-0.25, -0.2) is 0 Å². The van der Waals surface area contributed by atoms with Crippen LogP contribution < -0.4 is 61.1 Å². The third kappa shape index (κ3) is 11.3. The van der Waals surface area contributed by atoms with E-state index in [1.165, 1.54) is 14.2 Å². The number of amides is 6. The molecule has 0 radical (unpaired) electrons. The zero-order valence-electron chi connectivity index (χ0n) is 40.3. The number of nitrogens with two attached hydrogens (primary N) is 1. The van der Waals surface area contributed by atoms with E-state index < -0.39 is 23.6 Å². The largest absolute Gasteiger partial charge is 0.493 e. The number of fused-ring (bicyclic) bond motifs is 8. The predicted octanol–water partition coefficient (Wildman–Crippen LogP) is 3.43. The summed E-state index contributed by atoms with van der Waals surface area (Å²) in [5, 5.41) is 13.7. The highest BCUT2D eigenvalue weighted by Gasteiger charge is 2.39. The average Bonchev–Trinajstić information content (AvgIpc) is 3.89. The fourth-order valence-corrected chi connectivity index (χ4v) is 9.29. The maximum Gasteiger partial charge on any atom is 0.261 e. The molecule has 4 heterocycles. The molecule has 0 bridgehead atoms. The molecule has 6 amide bonds. The lowest BCUT2D eigenvalue weighted by Gasteiger charge is -2.22. The Bertz CT molecular complexity index is 3000. The Labute approximate surface area is 420 Å². The Hall–Kier alpha value is -8.49. The molecule has 0 fully saturated rings. The predicted molar refractivity (Wildman–Crippen MR) is 270 cm³/mol. The second kappa shape index (κ2) is 22.3. The van der Waals surface area contributed by atoms with Crippen LogP contribution in [0.25, 0.3) is 0 Å². The van der Waals surface area contributed by atoms with Crippen LogP contribution in [0.4, 0.5) is 22.7 Å². The van der Waals surface area contributed by atoms with Crippen molar-refractivity contribution in [1.82, 2.24) is 21.3 Å². The lowest BCUT2D eigenvalue weighted by atomic mass is 10.1. The highest BCUT2D eigenvalue weighted by Crippen LogP contribution is 2.43. The van der Waals surface area contributed by atoms with E-state index in [-0.39, 0.29) is 83.0 Å². The first-order valence-electron chi connectivity index (χ1n) is 23.8. The minimum absolute atomic E-state index is 0.0188. The Kier molecular flexibility index (Phi) is 15.1. The van der Waals surface area contributed by atoms with Crippen LogP contribution in [0.5, 0.6) is 23.0 Å². The van der Waals surface area contributed by atoms with Crippen molar-refractivity contribution in [2.45, 2.75) is 51.2 Å². The Morgan fingerprint density at radius 3 is 1.92 bits per heavy atom. The zero-order chi connectivity index (χ0) is 51.0. The van der Waals surface area contributed by atoms with Gasteiger partial charge in [0.2, 0.25) is 23.6 Å². The van der Waals surface area contributed by atoms with Gasteiger partial charge in [0.05, 0.1) is 81.8 Å². The molecule has 0 aromatic heterocycles. The van der Waals surface area contributed by atoms with Crippen molar-refractivity contribution in [3.8, 4) is 23.0 Å². The number of nitrogens with one attached hydrogen (secondary N) is 5. The molecule has 9 rings (SSSR count). The van der Waals surface area contributed by atoms with Crippen molar-refractivity contribution < 1.29 is 52.5 Å². The van der Waals surface area contributed by atoms with Crippen LogP contribution in [-0.4, -0.2) is 107 Å². The molecule has 20 nitrogen and oxygen atoms in total. The topological polar surface area (TPSA) is 254 Å². The summed E-state index contributed by atoms with van der Waals surface area (Å²) in [7, 11) is 3.04. The van der Waals surface area contributed by atoms with E-state index in [9.17, 15) is 28.8 Å². The van der Waals surface area contributed by atoms with E-state index in [1.54, 1.807) is 35.4 Å². The molecular formula is C53H55N9O11. The van der Waals surface area contributed by atoms with Gasteiger partial charge in [-0.05, 0) is 64.6 Å². The number of hydrogen-bond acceptors (Lipinski definition) is 14. The van der Waals surface area contributed by atoms with Gasteiger partial charge in [-0.3, -0.25) is 44.0 Å². The number of anilines is 3. The molecule has 2 atom stereocenters. The lowest BCUT2D eigenvalue weighted by molar-refractivity contribution is -0.127. The van der Waals surface area contributed by atoms with Crippen LogP contribution >= 0.6 is 0 Å². The first kappa shape index (κ1) is 49.5. The minimum Gasteiger partial charge on any atom is -0.493 e. The van der Waals surface area contributed by atoms with E-state index in [0.29, 0.717) is 58.5 Å². The fraction of sp³-hybridized carbons (Fsp3) is 0.302. The molecule has 73 heavy (non-hydrogen) atoms. The molecule has 4 aliphatic heterocycles. The number of carbonyl (C=O) groups excluding carboxylic acids is 6. The number of primary amides is 1. The summed E-state index contributed by atoms with van der Waals surface area (Å²) in [5.74, 6) is -0.851. The summed E-state index contributed by atoms with van der Waals surface area (Å²) in [5.41, 5.74) is 13.3. The van der Waals surface area contributed by atoms with E-state index in [4.69, 9.17) is 34.4 Å². The number of benzene rings is 5. The third-order valence-electron chi connectivity index (χ3n) is 12.7. The highest BCUT2D eigenvalue weighted by molar-refractivity contribution is 6.15. The fourth-order valence-electron chi connectivity index (χ4n) is 9.29. The van der Waals surface area contributed by atoms with Crippen LogP contribution in [0.3, 0.4) is 0 Å². The SMILES string of the molecule is COc1cc2c(cc1OCc1cc(COCNCC(=O)NCC(=O)NCC(=O)NCCC(N)=O)cc(COc3cc4c(cc3OC)C(=O)N3c5ccccc5C[C@H]3CN4)c1)N=C[C@@H]1Cc3ccccc3N1C2=O. The van der Waals surface area contributed by atoms with E-state index in [0.717, 1.165) is 45.6 Å². The van der Waals surface area contributed by atoms with Crippen molar-refractivity contribution in [3.05, 3.63) is 130 Å². The van der Waals surface area contributed by atoms with E-state index in [1.807, 2.05) is 65.6 Å². The van der Waals surface area contributed by atoms with Crippen molar-refractivity contribution in [1.29, 1.82) is 0 Å². The average molecular weight is 994 g/mol. The lowest BCUT2D eigenvalue weighted by Crippen LogP contribution is -2.44. The number of aliphatic imine (C=N–C) groups is 1. The Morgan fingerprint density at radius 2 is 1.25 bits per heavy atom. The van der Waals surface area contributed by atoms with Gasteiger partial charge in [0.15, 0.2) is 23.0 Å². The van der Waals surface area contributed by atoms with Gasteiger partial charge in [-0.2, -0.15) is 0 Å². The quantitative estimate of drug-likeness (QED) is 0.0456. The monoisotopic (exact) mass is 993 g/mol. The van der Waals surface area contributed by atoms with Crippen molar-refractivity contribution >= 4 is 64.4 Å². The number of methoxy groups -OCH3 is 2. The summed E-state index contributed by atoms with van der Waals surface area (Å²) in [6.45, 7) is 0.0396. The maximum atomic E-state index is 14.1. The minimum atomic E-state index is -0.576. The van der Waals surface area contributed by atoms with E-state index in [2.05, 4.69) is 32.7 Å². The molecule has 0 unspecified atom stereocenters. The molecule has 0 aliphatic carbocycles. The van der Waals surface area contributed by atoms with Gasteiger partial charge in [0.1, 0.15) is 13.2 Å². The Morgan fingerprint density at radius 1 is 0.671 bits per heavy atom. The number of para-hydroxylation sites is 2. The van der Waals surface area contributed by atoms with Gasteiger partial charge in [0.25, 0.3) is 11.8 Å². The van der Waals surface area contributed by atoms with Crippen LogP contribution in [0, 0.1) is 0 Å². The normalized spacial score (nSPS) is 15.8. The number of rotatable bonds is 21. The smallest absolute Gasteiger partial charge is 0.261 e.